The summed E-state index contributed by atoms with van der Waals surface area (Å²) in [4.78, 5) is 15.1. The van der Waals surface area contributed by atoms with Crippen LogP contribution in [-0.2, 0) is 4.79 Å². The monoisotopic (exact) mass is 291 g/mol. The summed E-state index contributed by atoms with van der Waals surface area (Å²) < 4.78 is 5.21. The second-order valence-corrected chi connectivity index (χ2v) is 6.49. The van der Waals surface area contributed by atoms with Crippen LogP contribution in [0.25, 0.3) is 0 Å². The molecule has 2 unspecified atom stereocenters. The van der Waals surface area contributed by atoms with E-state index in [9.17, 15) is 4.79 Å². The van der Waals surface area contributed by atoms with Crippen LogP contribution in [0.3, 0.4) is 0 Å². The molecule has 1 amide bonds. The molecule has 2 heterocycles. The lowest BCUT2D eigenvalue weighted by Crippen LogP contribution is -2.47. The lowest BCUT2D eigenvalue weighted by atomic mass is 10.1. The SMILES string of the molecule is Cc1noc(C)c1C(C)NC(=O)C(C1CC1)N1CCCC1. The standard InChI is InChI=1S/C16H25N3O2/c1-10(14-11(2)18-21-12(14)3)17-16(20)15(13-6-7-13)19-8-4-5-9-19/h10,13,15H,4-9H2,1-3H3,(H,17,20). The molecule has 5 nitrogen and oxygen atoms in total. The lowest BCUT2D eigenvalue weighted by Gasteiger charge is -2.28. The van der Waals surface area contributed by atoms with Crippen LogP contribution in [0, 0.1) is 19.8 Å². The average molecular weight is 291 g/mol. The molecule has 2 aliphatic rings. The van der Waals surface area contributed by atoms with Gasteiger partial charge in [0.2, 0.25) is 5.91 Å². The highest BCUT2D eigenvalue weighted by atomic mass is 16.5. The molecule has 5 heteroatoms. The Bertz CT molecular complexity index is 496. The van der Waals surface area contributed by atoms with Gasteiger partial charge in [-0.25, -0.2) is 0 Å². The van der Waals surface area contributed by atoms with Crippen LogP contribution in [0.2, 0.25) is 0 Å². The van der Waals surface area contributed by atoms with Crippen LogP contribution in [0.4, 0.5) is 0 Å². The first kappa shape index (κ1) is 14.6. The first-order chi connectivity index (χ1) is 10.1. The van der Waals surface area contributed by atoms with E-state index in [4.69, 9.17) is 4.52 Å². The van der Waals surface area contributed by atoms with Crippen molar-refractivity contribution in [2.75, 3.05) is 13.1 Å². The topological polar surface area (TPSA) is 58.4 Å². The molecule has 1 saturated heterocycles. The molecule has 0 radical (unpaired) electrons. The van der Waals surface area contributed by atoms with Crippen LogP contribution >= 0.6 is 0 Å². The number of amides is 1. The fraction of sp³-hybridized carbons (Fsp3) is 0.750. The van der Waals surface area contributed by atoms with Gasteiger partial charge in [-0.3, -0.25) is 9.69 Å². The number of nitrogens with zero attached hydrogens (tertiary/aromatic N) is 2. The van der Waals surface area contributed by atoms with Crippen LogP contribution in [-0.4, -0.2) is 35.1 Å². The highest BCUT2D eigenvalue weighted by Crippen LogP contribution is 2.37. The second kappa shape index (κ2) is 5.79. The Morgan fingerprint density at radius 2 is 2.00 bits per heavy atom. The molecule has 0 spiro atoms. The van der Waals surface area contributed by atoms with E-state index in [2.05, 4.69) is 15.4 Å². The number of hydrogen-bond acceptors (Lipinski definition) is 4. The van der Waals surface area contributed by atoms with E-state index in [1.807, 2.05) is 20.8 Å². The quantitative estimate of drug-likeness (QED) is 0.904. The predicted octanol–water partition coefficient (Wildman–Crippen LogP) is 2.34. The lowest BCUT2D eigenvalue weighted by molar-refractivity contribution is -0.127. The summed E-state index contributed by atoms with van der Waals surface area (Å²) in [6, 6.07) is 0.0167. The molecule has 116 valence electrons. The highest BCUT2D eigenvalue weighted by Gasteiger charge is 2.41. The van der Waals surface area contributed by atoms with Crippen molar-refractivity contribution in [3.63, 3.8) is 0 Å². The molecule has 3 rings (SSSR count). The van der Waals surface area contributed by atoms with Gasteiger partial charge in [0.05, 0.1) is 17.8 Å². The Morgan fingerprint density at radius 3 is 2.52 bits per heavy atom. The van der Waals surface area contributed by atoms with Crippen molar-refractivity contribution in [2.45, 2.75) is 58.5 Å². The summed E-state index contributed by atoms with van der Waals surface area (Å²) in [6.45, 7) is 7.96. The predicted molar refractivity (Wildman–Crippen MR) is 79.9 cm³/mol. The van der Waals surface area contributed by atoms with Gasteiger partial charge in [-0.1, -0.05) is 5.16 Å². The molecule has 1 saturated carbocycles. The third kappa shape index (κ3) is 2.98. The number of aryl methyl sites for hydroxylation is 2. The van der Waals surface area contributed by atoms with Gasteiger partial charge < -0.3 is 9.84 Å². The van der Waals surface area contributed by atoms with Gasteiger partial charge in [-0.2, -0.15) is 0 Å². The molecule has 0 aromatic carbocycles. The molecule has 1 aromatic heterocycles. The number of likely N-dealkylation sites (tertiary alicyclic amines) is 1. The number of carbonyl (C=O) groups excluding carboxylic acids is 1. The van der Waals surface area contributed by atoms with Crippen molar-refractivity contribution in [2.24, 2.45) is 5.92 Å². The van der Waals surface area contributed by atoms with Crippen molar-refractivity contribution < 1.29 is 9.32 Å². The zero-order valence-corrected chi connectivity index (χ0v) is 13.2. The van der Waals surface area contributed by atoms with Crippen LogP contribution in [0.5, 0.6) is 0 Å². The van der Waals surface area contributed by atoms with Gasteiger partial charge in [-0.05, 0) is 65.5 Å². The van der Waals surface area contributed by atoms with Crippen molar-refractivity contribution in [3.8, 4) is 0 Å². The Kier molecular flexibility index (Phi) is 4.02. The summed E-state index contributed by atoms with van der Waals surface area (Å²) >= 11 is 0. The zero-order chi connectivity index (χ0) is 15.0. The fourth-order valence-corrected chi connectivity index (χ4v) is 3.59. The van der Waals surface area contributed by atoms with Gasteiger partial charge in [0.25, 0.3) is 0 Å². The van der Waals surface area contributed by atoms with Crippen molar-refractivity contribution >= 4 is 5.91 Å². The molecular formula is C16H25N3O2. The Hall–Kier alpha value is -1.36. The van der Waals surface area contributed by atoms with E-state index in [1.165, 1.54) is 25.7 Å². The molecule has 21 heavy (non-hydrogen) atoms. The maximum atomic E-state index is 12.7. The fourth-order valence-electron chi connectivity index (χ4n) is 3.59. The number of hydrogen-bond donors (Lipinski definition) is 1. The van der Waals surface area contributed by atoms with E-state index in [0.717, 1.165) is 30.1 Å². The molecule has 1 aliphatic heterocycles. The van der Waals surface area contributed by atoms with E-state index in [1.54, 1.807) is 0 Å². The maximum Gasteiger partial charge on any atom is 0.238 e. The minimum Gasteiger partial charge on any atom is -0.361 e. The van der Waals surface area contributed by atoms with Crippen molar-refractivity contribution in [1.82, 2.24) is 15.4 Å². The molecular weight excluding hydrogens is 266 g/mol. The number of carbonyl (C=O) groups is 1. The summed E-state index contributed by atoms with van der Waals surface area (Å²) in [5, 5.41) is 7.16. The molecule has 2 fully saturated rings. The summed E-state index contributed by atoms with van der Waals surface area (Å²) in [5.74, 6) is 1.52. The van der Waals surface area contributed by atoms with Crippen LogP contribution in [0.15, 0.2) is 4.52 Å². The Balaban J connectivity index is 1.69. The molecule has 0 bridgehead atoms. The Morgan fingerprint density at radius 1 is 1.33 bits per heavy atom. The average Bonchev–Trinajstić information content (AvgIpc) is 2.98. The normalized spacial score (nSPS) is 22.2. The largest absolute Gasteiger partial charge is 0.361 e. The molecule has 1 N–H and O–H groups in total. The van der Waals surface area contributed by atoms with E-state index in [0.29, 0.717) is 5.92 Å². The summed E-state index contributed by atoms with van der Waals surface area (Å²) in [6.07, 6.45) is 4.81. The maximum absolute atomic E-state index is 12.7. The summed E-state index contributed by atoms with van der Waals surface area (Å²) in [5.41, 5.74) is 1.88. The van der Waals surface area contributed by atoms with Gasteiger partial charge >= 0.3 is 0 Å². The number of nitrogens with one attached hydrogen (secondary N) is 1. The second-order valence-electron chi connectivity index (χ2n) is 6.49. The van der Waals surface area contributed by atoms with E-state index in [-0.39, 0.29) is 18.0 Å². The van der Waals surface area contributed by atoms with Crippen LogP contribution < -0.4 is 5.32 Å². The first-order valence-corrected chi connectivity index (χ1v) is 8.05. The Labute approximate surface area is 126 Å². The first-order valence-electron chi connectivity index (χ1n) is 8.05. The molecule has 2 atom stereocenters. The molecule has 1 aromatic rings. The highest BCUT2D eigenvalue weighted by molar-refractivity contribution is 5.83. The van der Waals surface area contributed by atoms with Gasteiger partial charge in [0.15, 0.2) is 0 Å². The summed E-state index contributed by atoms with van der Waals surface area (Å²) in [7, 11) is 0. The third-order valence-corrected chi connectivity index (χ3v) is 4.75. The van der Waals surface area contributed by atoms with Crippen LogP contribution in [0.1, 0.15) is 55.7 Å². The van der Waals surface area contributed by atoms with Gasteiger partial charge in [0, 0.05) is 5.56 Å². The molecule has 1 aliphatic carbocycles. The number of rotatable bonds is 5. The number of aromatic nitrogens is 1. The van der Waals surface area contributed by atoms with Crippen molar-refractivity contribution in [3.05, 3.63) is 17.0 Å². The minimum absolute atomic E-state index is 0.0485. The zero-order valence-electron chi connectivity index (χ0n) is 13.2. The van der Waals surface area contributed by atoms with Gasteiger partial charge in [-0.15, -0.1) is 0 Å². The smallest absolute Gasteiger partial charge is 0.238 e. The minimum atomic E-state index is -0.0485. The van der Waals surface area contributed by atoms with E-state index >= 15 is 0 Å². The third-order valence-electron chi connectivity index (χ3n) is 4.75. The van der Waals surface area contributed by atoms with E-state index < -0.39 is 0 Å². The van der Waals surface area contributed by atoms with Crippen molar-refractivity contribution in [1.29, 1.82) is 0 Å². The van der Waals surface area contributed by atoms with Gasteiger partial charge in [0.1, 0.15) is 5.76 Å².